The molecule has 0 radical (unpaired) electrons. The Morgan fingerprint density at radius 3 is 2.50 bits per heavy atom. The van der Waals surface area contributed by atoms with Gasteiger partial charge >= 0.3 is 5.97 Å². The average molecular weight is 335 g/mol. The molecule has 5 nitrogen and oxygen atoms in total. The van der Waals surface area contributed by atoms with E-state index in [0.29, 0.717) is 6.61 Å². The van der Waals surface area contributed by atoms with Gasteiger partial charge in [-0.3, -0.25) is 9.79 Å². The molecule has 0 bridgehead atoms. The molecule has 0 aromatic carbocycles. The second-order valence-electron chi connectivity index (χ2n) is 7.57. The molecule has 3 fully saturated rings. The standard InChI is InChI=1S/C19H33N3O2/c1-3-20-19(21-12-17(14-7-8-14)15-9-10-15)22-11-5-6-16(13-22)18(23)24-4-2/h14-17H,3-13H2,1-2H3,(H,20,21). The lowest BCUT2D eigenvalue weighted by Crippen LogP contribution is -2.48. The number of ether oxygens (including phenoxy) is 1. The number of aliphatic imine (C=N–C) groups is 1. The van der Waals surface area contributed by atoms with Gasteiger partial charge in [0.05, 0.1) is 12.5 Å². The van der Waals surface area contributed by atoms with Crippen LogP contribution in [-0.4, -0.2) is 49.6 Å². The number of hydrogen-bond acceptors (Lipinski definition) is 3. The molecule has 24 heavy (non-hydrogen) atoms. The lowest BCUT2D eigenvalue weighted by atomic mass is 9.98. The quantitative estimate of drug-likeness (QED) is 0.441. The number of carbonyl (C=O) groups excluding carboxylic acids is 1. The van der Waals surface area contributed by atoms with E-state index in [4.69, 9.17) is 9.73 Å². The molecule has 2 saturated carbocycles. The monoisotopic (exact) mass is 335 g/mol. The van der Waals surface area contributed by atoms with Crippen LogP contribution in [0.2, 0.25) is 0 Å². The van der Waals surface area contributed by atoms with Crippen LogP contribution < -0.4 is 5.32 Å². The van der Waals surface area contributed by atoms with Gasteiger partial charge in [0.1, 0.15) is 0 Å². The molecular formula is C19H33N3O2. The summed E-state index contributed by atoms with van der Waals surface area (Å²) in [5, 5.41) is 3.44. The minimum absolute atomic E-state index is 0.00906. The molecule has 136 valence electrons. The molecule has 1 atom stereocenters. The normalized spacial score (nSPS) is 25.0. The van der Waals surface area contributed by atoms with Crippen molar-refractivity contribution in [3.05, 3.63) is 0 Å². The van der Waals surface area contributed by atoms with Crippen molar-refractivity contribution in [2.45, 2.75) is 52.4 Å². The lowest BCUT2D eigenvalue weighted by molar-refractivity contribution is -0.149. The Bertz CT molecular complexity index is 446. The molecule has 1 unspecified atom stereocenters. The van der Waals surface area contributed by atoms with E-state index in [1.807, 2.05) is 6.92 Å². The number of guanidine groups is 1. The molecule has 1 aliphatic heterocycles. The molecule has 2 aliphatic carbocycles. The summed E-state index contributed by atoms with van der Waals surface area (Å²) in [7, 11) is 0. The third-order valence-corrected chi connectivity index (χ3v) is 5.58. The molecular weight excluding hydrogens is 302 g/mol. The van der Waals surface area contributed by atoms with Gasteiger partial charge in [0.15, 0.2) is 5.96 Å². The van der Waals surface area contributed by atoms with Crippen molar-refractivity contribution in [1.82, 2.24) is 10.2 Å². The molecule has 1 heterocycles. The van der Waals surface area contributed by atoms with Crippen LogP contribution in [-0.2, 0) is 9.53 Å². The van der Waals surface area contributed by atoms with Crippen LogP contribution in [0, 0.1) is 23.7 Å². The summed E-state index contributed by atoms with van der Waals surface area (Å²) in [4.78, 5) is 19.3. The van der Waals surface area contributed by atoms with Gasteiger partial charge in [-0.05, 0) is 70.1 Å². The van der Waals surface area contributed by atoms with Crippen molar-refractivity contribution in [2.24, 2.45) is 28.7 Å². The Kier molecular flexibility index (Phi) is 6.01. The molecule has 0 aromatic heterocycles. The van der Waals surface area contributed by atoms with E-state index in [1.165, 1.54) is 25.7 Å². The van der Waals surface area contributed by atoms with Gasteiger partial charge in [-0.25, -0.2) is 0 Å². The first-order valence-corrected chi connectivity index (χ1v) is 9.92. The summed E-state index contributed by atoms with van der Waals surface area (Å²) < 4.78 is 5.22. The van der Waals surface area contributed by atoms with Gasteiger partial charge in [-0.2, -0.15) is 0 Å². The maximum atomic E-state index is 12.1. The maximum Gasteiger partial charge on any atom is 0.310 e. The van der Waals surface area contributed by atoms with Gasteiger partial charge < -0.3 is 15.0 Å². The maximum absolute atomic E-state index is 12.1. The number of carbonyl (C=O) groups is 1. The largest absolute Gasteiger partial charge is 0.466 e. The third-order valence-electron chi connectivity index (χ3n) is 5.58. The molecule has 1 N–H and O–H groups in total. The first-order chi connectivity index (χ1) is 11.7. The lowest BCUT2D eigenvalue weighted by Gasteiger charge is -2.34. The van der Waals surface area contributed by atoms with Crippen LogP contribution in [0.4, 0.5) is 0 Å². The van der Waals surface area contributed by atoms with Gasteiger partial charge in [-0.1, -0.05) is 0 Å². The predicted molar refractivity (Wildman–Crippen MR) is 95.8 cm³/mol. The molecule has 0 spiro atoms. The van der Waals surface area contributed by atoms with Crippen molar-refractivity contribution >= 4 is 11.9 Å². The van der Waals surface area contributed by atoms with Crippen LogP contribution in [0.3, 0.4) is 0 Å². The summed E-state index contributed by atoms with van der Waals surface area (Å²) in [5.41, 5.74) is 0. The number of piperidine rings is 1. The molecule has 3 rings (SSSR count). The zero-order valence-electron chi connectivity index (χ0n) is 15.3. The van der Waals surface area contributed by atoms with Crippen LogP contribution in [0.15, 0.2) is 4.99 Å². The van der Waals surface area contributed by atoms with E-state index in [2.05, 4.69) is 17.1 Å². The van der Waals surface area contributed by atoms with Gasteiger partial charge in [-0.15, -0.1) is 0 Å². The van der Waals surface area contributed by atoms with E-state index in [-0.39, 0.29) is 11.9 Å². The predicted octanol–water partition coefficient (Wildman–Crippen LogP) is 2.66. The summed E-state index contributed by atoms with van der Waals surface area (Å²) in [6.07, 6.45) is 7.58. The Morgan fingerprint density at radius 1 is 1.21 bits per heavy atom. The van der Waals surface area contributed by atoms with E-state index in [0.717, 1.165) is 62.7 Å². The SMILES string of the molecule is CCNC(=NCC(C1CC1)C1CC1)N1CCCC(C(=O)OCC)C1. The fourth-order valence-electron chi connectivity index (χ4n) is 3.97. The second kappa shape index (κ2) is 8.21. The average Bonchev–Trinajstić information content (AvgIpc) is 3.48. The zero-order chi connectivity index (χ0) is 16.9. The minimum Gasteiger partial charge on any atom is -0.466 e. The third kappa shape index (κ3) is 4.64. The smallest absolute Gasteiger partial charge is 0.310 e. The second-order valence-corrected chi connectivity index (χ2v) is 7.57. The van der Waals surface area contributed by atoms with Gasteiger partial charge in [0.25, 0.3) is 0 Å². The van der Waals surface area contributed by atoms with Crippen molar-refractivity contribution < 1.29 is 9.53 Å². The van der Waals surface area contributed by atoms with Crippen LogP contribution in [0.25, 0.3) is 0 Å². The molecule has 0 amide bonds. The zero-order valence-corrected chi connectivity index (χ0v) is 15.3. The Morgan fingerprint density at radius 2 is 1.92 bits per heavy atom. The highest BCUT2D eigenvalue weighted by molar-refractivity contribution is 5.81. The highest BCUT2D eigenvalue weighted by Gasteiger charge is 2.41. The number of nitrogens with zero attached hydrogens (tertiary/aromatic N) is 2. The van der Waals surface area contributed by atoms with E-state index in [9.17, 15) is 4.79 Å². The van der Waals surface area contributed by atoms with E-state index in [1.54, 1.807) is 0 Å². The van der Waals surface area contributed by atoms with Gasteiger partial charge in [0.2, 0.25) is 0 Å². The van der Waals surface area contributed by atoms with Crippen molar-refractivity contribution in [2.75, 3.05) is 32.8 Å². The number of rotatable bonds is 7. The molecule has 3 aliphatic rings. The fraction of sp³-hybridized carbons (Fsp3) is 0.895. The number of esters is 1. The van der Waals surface area contributed by atoms with Crippen molar-refractivity contribution in [1.29, 1.82) is 0 Å². The number of likely N-dealkylation sites (tertiary alicyclic amines) is 1. The highest BCUT2D eigenvalue weighted by Crippen LogP contribution is 2.49. The first kappa shape index (κ1) is 17.6. The fourth-order valence-corrected chi connectivity index (χ4v) is 3.97. The topological polar surface area (TPSA) is 53.9 Å². The first-order valence-electron chi connectivity index (χ1n) is 9.92. The van der Waals surface area contributed by atoms with Crippen molar-refractivity contribution in [3.8, 4) is 0 Å². The van der Waals surface area contributed by atoms with E-state index >= 15 is 0 Å². The summed E-state index contributed by atoms with van der Waals surface area (Å²) in [5.74, 6) is 3.59. The Balaban J connectivity index is 1.60. The Labute approximate surface area is 146 Å². The van der Waals surface area contributed by atoms with Crippen molar-refractivity contribution in [3.63, 3.8) is 0 Å². The summed E-state index contributed by atoms with van der Waals surface area (Å²) in [6.45, 7) is 8.01. The Hall–Kier alpha value is -1.26. The highest BCUT2D eigenvalue weighted by atomic mass is 16.5. The number of hydrogen-bond donors (Lipinski definition) is 1. The molecule has 5 heteroatoms. The minimum atomic E-state index is -0.0492. The summed E-state index contributed by atoms with van der Waals surface area (Å²) in [6, 6.07) is 0. The van der Waals surface area contributed by atoms with E-state index < -0.39 is 0 Å². The van der Waals surface area contributed by atoms with Crippen LogP contribution in [0.5, 0.6) is 0 Å². The van der Waals surface area contributed by atoms with Crippen LogP contribution >= 0.6 is 0 Å². The van der Waals surface area contributed by atoms with Gasteiger partial charge in [0, 0.05) is 26.2 Å². The summed E-state index contributed by atoms with van der Waals surface area (Å²) >= 11 is 0. The molecule has 0 aromatic rings. The molecule has 1 saturated heterocycles. The van der Waals surface area contributed by atoms with Crippen LogP contribution in [0.1, 0.15) is 52.4 Å². The number of nitrogens with one attached hydrogen (secondary N) is 1.